The van der Waals surface area contributed by atoms with Crippen molar-refractivity contribution in [1.82, 2.24) is 0 Å². The molecule has 31 heavy (non-hydrogen) atoms. The van der Waals surface area contributed by atoms with Gasteiger partial charge in [0.05, 0.1) is 21.3 Å². The maximum Gasteiger partial charge on any atom is 0.182 e. The molecule has 2 rings (SSSR count). The van der Waals surface area contributed by atoms with Crippen LogP contribution in [-0.2, 0) is 4.79 Å². The first kappa shape index (κ1) is 23.5. The lowest BCUT2D eigenvalue weighted by Crippen LogP contribution is -2.00. The monoisotopic (exact) mass is 428 g/mol. The van der Waals surface area contributed by atoms with Gasteiger partial charge >= 0.3 is 0 Å². The number of rotatable bonds is 11. The summed E-state index contributed by atoms with van der Waals surface area (Å²) in [5.41, 5.74) is 1.45. The summed E-state index contributed by atoms with van der Waals surface area (Å²) in [5, 5.41) is 10.0. The van der Waals surface area contributed by atoms with Crippen molar-refractivity contribution in [3.63, 3.8) is 0 Å². The van der Waals surface area contributed by atoms with E-state index < -0.39 is 12.5 Å². The smallest absolute Gasteiger partial charge is 0.182 e. The van der Waals surface area contributed by atoms with E-state index in [0.29, 0.717) is 28.6 Å². The fraction of sp³-hybridized carbons (Fsp3) is 0.208. The number of carbonyl (C=O) groups is 1. The normalized spacial score (nSPS) is 11.7. The molecule has 1 N–H and O–H groups in total. The summed E-state index contributed by atoms with van der Waals surface area (Å²) in [5.74, 6) is 1.41. The van der Waals surface area contributed by atoms with Crippen LogP contribution in [0, 0.1) is 0 Å². The first-order chi connectivity index (χ1) is 15.0. The number of allylic oxidation sites excluding steroid dienone is 3. The molecule has 0 aliphatic carbocycles. The minimum Gasteiger partial charge on any atom is -0.508 e. The standard InChI is InChI=1S/C24H25FO6/c1-28-21-10-6-17(14-23(21)29-2)4-8-19(26)16-20(27)9-5-18-7-11-22(31-13-12-25)24(15-18)30-3/h4-11,14-16,26H,12-13H2,1-3H3/b8-4+,9-5+,19-16-. The van der Waals surface area contributed by atoms with Crippen LogP contribution in [0.5, 0.6) is 23.0 Å². The van der Waals surface area contributed by atoms with Gasteiger partial charge in [-0.25, -0.2) is 4.39 Å². The fourth-order valence-corrected chi connectivity index (χ4v) is 2.61. The topological polar surface area (TPSA) is 74.2 Å². The molecule has 0 radical (unpaired) electrons. The van der Waals surface area contributed by atoms with Gasteiger partial charge in [0.25, 0.3) is 0 Å². The van der Waals surface area contributed by atoms with Crippen LogP contribution in [0.25, 0.3) is 12.2 Å². The average molecular weight is 428 g/mol. The summed E-state index contributed by atoms with van der Waals surface area (Å²) < 4.78 is 33.1. The van der Waals surface area contributed by atoms with Crippen LogP contribution in [0.15, 0.2) is 60.4 Å². The number of hydrogen-bond acceptors (Lipinski definition) is 6. The summed E-state index contributed by atoms with van der Waals surface area (Å²) in [4.78, 5) is 12.1. The Balaban J connectivity index is 2.05. The predicted octanol–water partition coefficient (Wildman–Crippen LogP) is 4.80. The van der Waals surface area contributed by atoms with Gasteiger partial charge in [0.2, 0.25) is 0 Å². The molecular formula is C24H25FO6. The molecule has 0 saturated heterocycles. The Morgan fingerprint density at radius 1 is 0.871 bits per heavy atom. The number of halogens is 1. The molecule has 2 aromatic rings. The van der Waals surface area contributed by atoms with E-state index in [-0.39, 0.29) is 12.4 Å². The van der Waals surface area contributed by atoms with Crippen LogP contribution in [0.3, 0.4) is 0 Å². The zero-order chi connectivity index (χ0) is 22.6. The van der Waals surface area contributed by atoms with Gasteiger partial charge in [-0.05, 0) is 47.5 Å². The summed E-state index contributed by atoms with van der Waals surface area (Å²) in [6.07, 6.45) is 7.05. The van der Waals surface area contributed by atoms with Gasteiger partial charge < -0.3 is 24.1 Å². The van der Waals surface area contributed by atoms with Gasteiger partial charge in [-0.2, -0.15) is 0 Å². The molecule has 0 atom stereocenters. The van der Waals surface area contributed by atoms with Gasteiger partial charge in [0.1, 0.15) is 19.0 Å². The largest absolute Gasteiger partial charge is 0.508 e. The van der Waals surface area contributed by atoms with E-state index in [0.717, 1.165) is 11.6 Å². The zero-order valence-corrected chi connectivity index (χ0v) is 17.6. The van der Waals surface area contributed by atoms with Crippen LogP contribution in [0.4, 0.5) is 4.39 Å². The van der Waals surface area contributed by atoms with Crippen LogP contribution >= 0.6 is 0 Å². The van der Waals surface area contributed by atoms with Gasteiger partial charge in [-0.1, -0.05) is 24.3 Å². The second-order valence-corrected chi connectivity index (χ2v) is 6.20. The van der Waals surface area contributed by atoms with Crippen LogP contribution in [0.2, 0.25) is 0 Å². The van der Waals surface area contributed by atoms with Crippen LogP contribution < -0.4 is 18.9 Å². The predicted molar refractivity (Wildman–Crippen MR) is 118 cm³/mol. The molecule has 0 saturated carbocycles. The number of methoxy groups -OCH3 is 3. The Labute approximate surface area is 180 Å². The molecule has 0 heterocycles. The van der Waals surface area contributed by atoms with Crippen molar-refractivity contribution in [3.8, 4) is 23.0 Å². The minimum atomic E-state index is -0.602. The number of ketones is 1. The molecule has 0 fully saturated rings. The summed E-state index contributed by atoms with van der Waals surface area (Å²) in [7, 11) is 4.56. The number of carbonyl (C=O) groups excluding carboxylic acids is 1. The fourth-order valence-electron chi connectivity index (χ4n) is 2.61. The van der Waals surface area contributed by atoms with Gasteiger partial charge in [-0.15, -0.1) is 0 Å². The lowest BCUT2D eigenvalue weighted by Gasteiger charge is -2.09. The van der Waals surface area contributed by atoms with E-state index in [1.807, 2.05) is 0 Å². The molecule has 0 aromatic heterocycles. The Morgan fingerprint density at radius 3 is 2.00 bits per heavy atom. The third kappa shape index (κ3) is 7.22. The molecule has 0 aliphatic rings. The highest BCUT2D eigenvalue weighted by Gasteiger charge is 2.05. The highest BCUT2D eigenvalue weighted by molar-refractivity contribution is 6.02. The van der Waals surface area contributed by atoms with E-state index in [9.17, 15) is 14.3 Å². The molecule has 6 nitrogen and oxygen atoms in total. The number of ether oxygens (including phenoxy) is 4. The summed E-state index contributed by atoms with van der Waals surface area (Å²) in [6, 6.07) is 10.3. The highest BCUT2D eigenvalue weighted by Crippen LogP contribution is 2.29. The third-order valence-electron chi connectivity index (χ3n) is 4.11. The van der Waals surface area contributed by atoms with Crippen molar-refractivity contribution in [2.75, 3.05) is 34.6 Å². The maximum absolute atomic E-state index is 12.3. The van der Waals surface area contributed by atoms with E-state index >= 15 is 0 Å². The molecule has 0 unspecified atom stereocenters. The number of alkyl halides is 1. The molecule has 7 heteroatoms. The zero-order valence-electron chi connectivity index (χ0n) is 17.6. The molecule has 0 bridgehead atoms. The van der Waals surface area contributed by atoms with Gasteiger partial charge in [0.15, 0.2) is 28.8 Å². The quantitative estimate of drug-likeness (QED) is 0.315. The molecular weight excluding hydrogens is 403 g/mol. The van der Waals surface area contributed by atoms with Gasteiger partial charge in [-0.3, -0.25) is 4.79 Å². The maximum atomic E-state index is 12.3. The van der Waals surface area contributed by atoms with E-state index in [1.54, 1.807) is 55.7 Å². The Kier molecular flexibility index (Phi) is 9.16. The van der Waals surface area contributed by atoms with Crippen LogP contribution in [0.1, 0.15) is 11.1 Å². The second kappa shape index (κ2) is 12.1. The van der Waals surface area contributed by atoms with Crippen molar-refractivity contribution < 1.29 is 33.2 Å². The SMILES string of the molecule is COc1ccc(/C=C/C(O)=C/C(=O)/C=C/c2ccc(OCCF)c(OC)c2)cc1OC. The number of aliphatic hydroxyl groups excluding tert-OH is 1. The first-order valence-electron chi connectivity index (χ1n) is 9.40. The molecule has 2 aromatic carbocycles. The Bertz CT molecular complexity index is 978. The van der Waals surface area contributed by atoms with Crippen molar-refractivity contribution >= 4 is 17.9 Å². The van der Waals surface area contributed by atoms with Crippen molar-refractivity contribution in [3.05, 3.63) is 71.5 Å². The van der Waals surface area contributed by atoms with Crippen LogP contribution in [-0.4, -0.2) is 45.5 Å². The molecule has 0 aliphatic heterocycles. The van der Waals surface area contributed by atoms with E-state index in [2.05, 4.69) is 0 Å². The minimum absolute atomic E-state index is 0.0646. The van der Waals surface area contributed by atoms with E-state index in [4.69, 9.17) is 18.9 Å². The van der Waals surface area contributed by atoms with Crippen molar-refractivity contribution in [1.29, 1.82) is 0 Å². The molecule has 164 valence electrons. The van der Waals surface area contributed by atoms with Gasteiger partial charge in [0, 0.05) is 6.08 Å². The van der Waals surface area contributed by atoms with E-state index in [1.165, 1.54) is 26.4 Å². The Hall–Kier alpha value is -3.74. The Morgan fingerprint density at radius 2 is 1.42 bits per heavy atom. The average Bonchev–Trinajstić information content (AvgIpc) is 2.79. The highest BCUT2D eigenvalue weighted by atomic mass is 19.1. The molecule has 0 amide bonds. The number of benzene rings is 2. The number of hydrogen-bond donors (Lipinski definition) is 1. The summed E-state index contributed by atoms with van der Waals surface area (Å²) in [6.45, 7) is -0.666. The number of aliphatic hydroxyl groups is 1. The summed E-state index contributed by atoms with van der Waals surface area (Å²) >= 11 is 0. The molecule has 0 spiro atoms. The second-order valence-electron chi connectivity index (χ2n) is 6.20. The lowest BCUT2D eigenvalue weighted by molar-refractivity contribution is -0.110. The third-order valence-corrected chi connectivity index (χ3v) is 4.11. The van der Waals surface area contributed by atoms with Crippen molar-refractivity contribution in [2.45, 2.75) is 0 Å². The van der Waals surface area contributed by atoms with Crippen molar-refractivity contribution in [2.24, 2.45) is 0 Å². The first-order valence-corrected chi connectivity index (χ1v) is 9.40. The lowest BCUT2D eigenvalue weighted by atomic mass is 10.1.